The van der Waals surface area contributed by atoms with Crippen LogP contribution in [-0.4, -0.2) is 53.6 Å². The summed E-state index contributed by atoms with van der Waals surface area (Å²) in [7, 11) is -3.98. The highest BCUT2D eigenvalue weighted by atomic mass is 32.2. The van der Waals surface area contributed by atoms with Crippen LogP contribution in [0.2, 0.25) is 0 Å². The van der Waals surface area contributed by atoms with Gasteiger partial charge < -0.3 is 0 Å². The Balaban J connectivity index is 1.72. The SMILES string of the molecule is Cc1c(CN2CCN(S(=O)(=O)c3ccccc3[N+](=O)[O-])CC2)cccc1[N+](=O)[O-]. The minimum atomic E-state index is -3.98. The Hall–Kier alpha value is -2.89. The molecule has 2 aromatic rings. The van der Waals surface area contributed by atoms with E-state index >= 15 is 0 Å². The van der Waals surface area contributed by atoms with Crippen molar-refractivity contribution in [3.05, 3.63) is 73.8 Å². The molecule has 0 radical (unpaired) electrons. The fraction of sp³-hybridized carbons (Fsp3) is 0.333. The van der Waals surface area contributed by atoms with Crippen molar-refractivity contribution in [2.75, 3.05) is 26.2 Å². The summed E-state index contributed by atoms with van der Waals surface area (Å²) in [6.45, 7) is 3.37. The van der Waals surface area contributed by atoms with Gasteiger partial charge in [-0.2, -0.15) is 4.31 Å². The zero-order valence-corrected chi connectivity index (χ0v) is 16.5. The Morgan fingerprint density at radius 1 is 0.897 bits per heavy atom. The Labute approximate surface area is 167 Å². The molecule has 0 N–H and O–H groups in total. The van der Waals surface area contributed by atoms with Crippen LogP contribution in [0.15, 0.2) is 47.4 Å². The van der Waals surface area contributed by atoms with Crippen LogP contribution < -0.4 is 0 Å². The minimum Gasteiger partial charge on any atom is -0.296 e. The molecule has 3 rings (SSSR count). The van der Waals surface area contributed by atoms with Crippen LogP contribution in [0.1, 0.15) is 11.1 Å². The predicted octanol–water partition coefficient (Wildman–Crippen LogP) is 2.32. The molecule has 1 aliphatic rings. The largest absolute Gasteiger partial charge is 0.296 e. The van der Waals surface area contributed by atoms with Gasteiger partial charge in [0.1, 0.15) is 0 Å². The summed E-state index contributed by atoms with van der Waals surface area (Å²) in [5, 5.41) is 22.3. The second kappa shape index (κ2) is 8.23. The fourth-order valence-electron chi connectivity index (χ4n) is 3.37. The van der Waals surface area contributed by atoms with Gasteiger partial charge in [0.2, 0.25) is 10.0 Å². The van der Waals surface area contributed by atoms with Gasteiger partial charge in [-0.3, -0.25) is 25.1 Å². The number of sulfonamides is 1. The van der Waals surface area contributed by atoms with E-state index in [1.165, 1.54) is 34.6 Å². The second-order valence-corrected chi connectivity index (χ2v) is 8.63. The minimum absolute atomic E-state index is 0.0556. The van der Waals surface area contributed by atoms with Gasteiger partial charge in [-0.15, -0.1) is 0 Å². The average Bonchev–Trinajstić information content (AvgIpc) is 2.69. The number of rotatable bonds is 6. The lowest BCUT2D eigenvalue weighted by Crippen LogP contribution is -2.48. The molecule has 0 saturated carbocycles. The molecule has 1 fully saturated rings. The highest BCUT2D eigenvalue weighted by Crippen LogP contribution is 2.27. The monoisotopic (exact) mass is 420 g/mol. The summed E-state index contributed by atoms with van der Waals surface area (Å²) in [4.78, 5) is 22.9. The zero-order valence-electron chi connectivity index (χ0n) is 15.7. The van der Waals surface area contributed by atoms with Crippen LogP contribution in [0.3, 0.4) is 0 Å². The van der Waals surface area contributed by atoms with Crippen LogP contribution >= 0.6 is 0 Å². The van der Waals surface area contributed by atoms with Gasteiger partial charge in [0.05, 0.1) is 9.85 Å². The van der Waals surface area contributed by atoms with Crippen molar-refractivity contribution in [1.29, 1.82) is 0 Å². The summed E-state index contributed by atoms with van der Waals surface area (Å²) in [6.07, 6.45) is 0. The molecular weight excluding hydrogens is 400 g/mol. The maximum atomic E-state index is 12.9. The number of piperazine rings is 1. The molecule has 29 heavy (non-hydrogen) atoms. The Bertz CT molecular complexity index is 1050. The van der Waals surface area contributed by atoms with Crippen molar-refractivity contribution in [2.45, 2.75) is 18.4 Å². The van der Waals surface area contributed by atoms with Gasteiger partial charge in [0.15, 0.2) is 4.90 Å². The molecule has 1 heterocycles. The lowest BCUT2D eigenvalue weighted by molar-refractivity contribution is -0.387. The quantitative estimate of drug-likeness (QED) is 0.518. The number of benzene rings is 2. The van der Waals surface area contributed by atoms with Crippen LogP contribution in [0.4, 0.5) is 11.4 Å². The molecule has 0 unspecified atom stereocenters. The van der Waals surface area contributed by atoms with Crippen molar-refractivity contribution < 1.29 is 18.3 Å². The maximum absolute atomic E-state index is 12.9. The van der Waals surface area contributed by atoms with Crippen LogP contribution in [0.25, 0.3) is 0 Å². The lowest BCUT2D eigenvalue weighted by atomic mass is 10.1. The van der Waals surface area contributed by atoms with E-state index in [0.29, 0.717) is 25.2 Å². The maximum Gasteiger partial charge on any atom is 0.289 e. The Morgan fingerprint density at radius 3 is 2.10 bits per heavy atom. The van der Waals surface area contributed by atoms with Crippen LogP contribution in [0, 0.1) is 27.2 Å². The molecule has 0 spiro atoms. The molecule has 0 aliphatic carbocycles. The van der Waals surface area contributed by atoms with Gasteiger partial charge in [0.25, 0.3) is 11.4 Å². The average molecular weight is 420 g/mol. The number of nitro benzene ring substituents is 2. The van der Waals surface area contributed by atoms with E-state index in [2.05, 4.69) is 0 Å². The molecule has 11 heteroatoms. The molecule has 0 atom stereocenters. The number of nitrogens with zero attached hydrogens (tertiary/aromatic N) is 4. The fourth-order valence-corrected chi connectivity index (χ4v) is 4.95. The van der Waals surface area contributed by atoms with E-state index in [1.54, 1.807) is 13.0 Å². The second-order valence-electron chi connectivity index (χ2n) is 6.72. The van der Waals surface area contributed by atoms with E-state index in [0.717, 1.165) is 5.56 Å². The van der Waals surface area contributed by atoms with Crippen molar-refractivity contribution in [2.24, 2.45) is 0 Å². The number of para-hydroxylation sites is 1. The third-order valence-corrected chi connectivity index (χ3v) is 6.97. The zero-order chi connectivity index (χ0) is 21.2. The molecule has 1 aliphatic heterocycles. The van der Waals surface area contributed by atoms with Crippen molar-refractivity contribution in [1.82, 2.24) is 9.21 Å². The van der Waals surface area contributed by atoms with Gasteiger partial charge in [0, 0.05) is 50.4 Å². The smallest absolute Gasteiger partial charge is 0.289 e. The van der Waals surface area contributed by atoms with Crippen LogP contribution in [-0.2, 0) is 16.6 Å². The molecular formula is C18H20N4O6S. The first-order valence-electron chi connectivity index (χ1n) is 8.90. The van der Waals surface area contributed by atoms with Crippen molar-refractivity contribution in [3.8, 4) is 0 Å². The summed E-state index contributed by atoms with van der Waals surface area (Å²) in [5.74, 6) is 0. The van der Waals surface area contributed by atoms with Crippen molar-refractivity contribution >= 4 is 21.4 Å². The van der Waals surface area contributed by atoms with E-state index in [-0.39, 0.29) is 23.7 Å². The van der Waals surface area contributed by atoms with E-state index < -0.39 is 25.6 Å². The van der Waals surface area contributed by atoms with Gasteiger partial charge in [-0.05, 0) is 18.6 Å². The van der Waals surface area contributed by atoms with E-state index in [4.69, 9.17) is 0 Å². The highest BCUT2D eigenvalue weighted by Gasteiger charge is 2.33. The number of hydrogen-bond acceptors (Lipinski definition) is 7. The molecule has 1 saturated heterocycles. The first kappa shape index (κ1) is 20.8. The van der Waals surface area contributed by atoms with Gasteiger partial charge in [-0.25, -0.2) is 8.42 Å². The van der Waals surface area contributed by atoms with Gasteiger partial charge >= 0.3 is 0 Å². The third kappa shape index (κ3) is 4.26. The molecule has 0 aromatic heterocycles. The number of nitro groups is 2. The molecule has 154 valence electrons. The van der Waals surface area contributed by atoms with E-state index in [1.807, 2.05) is 11.0 Å². The lowest BCUT2D eigenvalue weighted by Gasteiger charge is -2.34. The Morgan fingerprint density at radius 2 is 1.48 bits per heavy atom. The Kier molecular flexibility index (Phi) is 5.91. The predicted molar refractivity (Wildman–Crippen MR) is 105 cm³/mol. The van der Waals surface area contributed by atoms with Crippen molar-refractivity contribution in [3.63, 3.8) is 0 Å². The summed E-state index contributed by atoms with van der Waals surface area (Å²) in [6, 6.07) is 10.2. The topological polar surface area (TPSA) is 127 Å². The van der Waals surface area contributed by atoms with E-state index in [9.17, 15) is 28.6 Å². The summed E-state index contributed by atoms with van der Waals surface area (Å²) >= 11 is 0. The number of hydrogen-bond donors (Lipinski definition) is 0. The van der Waals surface area contributed by atoms with Crippen LogP contribution in [0.5, 0.6) is 0 Å². The standard InChI is InChI=1S/C18H20N4O6S/c1-14-15(5-4-7-16(14)21(23)24)13-19-9-11-20(12-10-19)29(27,28)18-8-3-2-6-17(18)22(25)26/h2-8H,9-13H2,1H3. The first-order chi connectivity index (χ1) is 13.7. The molecule has 0 amide bonds. The normalized spacial score (nSPS) is 15.9. The molecule has 2 aromatic carbocycles. The summed E-state index contributed by atoms with van der Waals surface area (Å²) in [5.41, 5.74) is 1.02. The molecule has 10 nitrogen and oxygen atoms in total. The van der Waals surface area contributed by atoms with Gasteiger partial charge in [-0.1, -0.05) is 24.3 Å². The third-order valence-electron chi connectivity index (χ3n) is 5.02. The first-order valence-corrected chi connectivity index (χ1v) is 10.3. The summed E-state index contributed by atoms with van der Waals surface area (Å²) < 4.78 is 27.0. The highest BCUT2D eigenvalue weighted by molar-refractivity contribution is 7.89. The molecule has 0 bridgehead atoms.